The molecule has 2 atom stereocenters. The number of carbonyl (C=O) groups is 2. The van der Waals surface area contributed by atoms with Crippen LogP contribution in [0.2, 0.25) is 0 Å². The van der Waals surface area contributed by atoms with E-state index < -0.39 is 0 Å². The molecule has 0 unspecified atom stereocenters. The Morgan fingerprint density at radius 3 is 1.87 bits per heavy atom. The molecule has 0 aromatic heterocycles. The third kappa shape index (κ3) is 6.54. The van der Waals surface area contributed by atoms with Crippen molar-refractivity contribution in [2.45, 2.75) is 66.5 Å². The fourth-order valence-electron chi connectivity index (χ4n) is 4.36. The highest BCUT2D eigenvalue weighted by Crippen LogP contribution is 2.18. The molecule has 0 aliphatic carbocycles. The van der Waals surface area contributed by atoms with Crippen molar-refractivity contribution in [3.05, 3.63) is 29.3 Å². The van der Waals surface area contributed by atoms with E-state index in [1.807, 2.05) is 32.0 Å². The summed E-state index contributed by atoms with van der Waals surface area (Å²) >= 11 is 0. The van der Waals surface area contributed by atoms with Crippen molar-refractivity contribution >= 4 is 17.5 Å². The summed E-state index contributed by atoms with van der Waals surface area (Å²) in [4.78, 5) is 30.3. The number of nitrogens with zero attached hydrogens (tertiary/aromatic N) is 1. The largest absolute Gasteiger partial charge is 0.332 e. The number of nitrogens with one attached hydrogen (secondary N) is 3. The van der Waals surface area contributed by atoms with Crippen molar-refractivity contribution < 1.29 is 19.4 Å². The number of hydrogen-bond donors (Lipinski definition) is 3. The average molecular weight is 419 g/mol. The van der Waals surface area contributed by atoms with Crippen LogP contribution in [0.3, 0.4) is 0 Å². The van der Waals surface area contributed by atoms with Crippen molar-refractivity contribution in [2.75, 3.05) is 44.6 Å². The Balaban J connectivity index is 1.83. The summed E-state index contributed by atoms with van der Waals surface area (Å²) in [5.41, 5.74) is 3.13. The lowest BCUT2D eigenvalue weighted by Crippen LogP contribution is -3.28. The van der Waals surface area contributed by atoms with Crippen LogP contribution in [0.15, 0.2) is 18.2 Å². The van der Waals surface area contributed by atoms with Gasteiger partial charge >= 0.3 is 0 Å². The van der Waals surface area contributed by atoms with Crippen LogP contribution in [0.1, 0.15) is 51.7 Å². The summed E-state index contributed by atoms with van der Waals surface area (Å²) in [7, 11) is 0. The zero-order valence-corrected chi connectivity index (χ0v) is 19.8. The van der Waals surface area contributed by atoms with Gasteiger partial charge in [-0.3, -0.25) is 9.59 Å². The van der Waals surface area contributed by atoms with Crippen LogP contribution < -0.4 is 15.1 Å². The van der Waals surface area contributed by atoms with Crippen molar-refractivity contribution in [3.8, 4) is 0 Å². The first-order valence-electron chi connectivity index (χ1n) is 11.6. The SMILES string of the molecule is CC[C@H](C)N(C(=O)C[NH+]1CC[NH+](CC(=O)Nc2c(C)cccc2C)CC1)[C@@H](C)CC. The molecule has 0 radical (unpaired) electrons. The molecule has 1 aromatic carbocycles. The first-order valence-corrected chi connectivity index (χ1v) is 11.6. The summed E-state index contributed by atoms with van der Waals surface area (Å²) < 4.78 is 0. The Kier molecular flexibility index (Phi) is 9.31. The number of benzene rings is 1. The molecule has 1 heterocycles. The number of para-hydroxylation sites is 1. The predicted octanol–water partition coefficient (Wildman–Crippen LogP) is 0.451. The molecular weight excluding hydrogens is 376 g/mol. The minimum absolute atomic E-state index is 0.0710. The zero-order valence-electron chi connectivity index (χ0n) is 19.8. The van der Waals surface area contributed by atoms with E-state index in [9.17, 15) is 9.59 Å². The molecule has 6 heteroatoms. The zero-order chi connectivity index (χ0) is 22.3. The lowest BCUT2D eigenvalue weighted by molar-refractivity contribution is -1.00. The molecular formula is C24H42N4O2+2. The molecule has 0 saturated carbocycles. The first kappa shape index (κ1) is 24.4. The summed E-state index contributed by atoms with van der Waals surface area (Å²) in [6, 6.07) is 6.63. The van der Waals surface area contributed by atoms with Gasteiger partial charge in [0.05, 0.1) is 0 Å². The fourth-order valence-corrected chi connectivity index (χ4v) is 4.36. The number of anilines is 1. The van der Waals surface area contributed by atoms with Crippen molar-refractivity contribution in [2.24, 2.45) is 0 Å². The minimum atomic E-state index is 0.0710. The van der Waals surface area contributed by atoms with Crippen LogP contribution in [0.4, 0.5) is 5.69 Å². The van der Waals surface area contributed by atoms with Crippen LogP contribution in [-0.4, -0.2) is 68.1 Å². The molecule has 1 aliphatic rings. The predicted molar refractivity (Wildman–Crippen MR) is 122 cm³/mol. The van der Waals surface area contributed by atoms with Gasteiger partial charge in [0.1, 0.15) is 26.2 Å². The highest BCUT2D eigenvalue weighted by molar-refractivity contribution is 5.93. The van der Waals surface area contributed by atoms with E-state index in [0.29, 0.717) is 13.1 Å². The minimum Gasteiger partial charge on any atom is -0.332 e. The van der Waals surface area contributed by atoms with Crippen LogP contribution in [0, 0.1) is 13.8 Å². The molecule has 2 amide bonds. The maximum atomic E-state index is 13.0. The van der Waals surface area contributed by atoms with Gasteiger partial charge in [-0.05, 0) is 51.7 Å². The summed E-state index contributed by atoms with van der Waals surface area (Å²) in [5.74, 6) is 0.339. The molecule has 6 nitrogen and oxygen atoms in total. The average Bonchev–Trinajstić information content (AvgIpc) is 2.72. The number of amides is 2. The van der Waals surface area contributed by atoms with Crippen molar-refractivity contribution in [1.82, 2.24) is 4.90 Å². The smallest absolute Gasteiger partial charge is 0.279 e. The maximum Gasteiger partial charge on any atom is 0.279 e. The number of piperazine rings is 1. The van der Waals surface area contributed by atoms with E-state index in [1.54, 1.807) is 0 Å². The molecule has 168 valence electrons. The Labute approximate surface area is 182 Å². The van der Waals surface area contributed by atoms with Crippen LogP contribution in [0.5, 0.6) is 0 Å². The molecule has 3 N–H and O–H groups in total. The summed E-state index contributed by atoms with van der Waals surface area (Å²) in [6.07, 6.45) is 1.97. The third-order valence-electron chi connectivity index (χ3n) is 6.64. The van der Waals surface area contributed by atoms with Gasteiger partial charge in [-0.25, -0.2) is 0 Å². The van der Waals surface area contributed by atoms with Crippen LogP contribution >= 0.6 is 0 Å². The van der Waals surface area contributed by atoms with Gasteiger partial charge < -0.3 is 20.0 Å². The molecule has 1 saturated heterocycles. The standard InChI is InChI=1S/C24H40N4O2/c1-7-20(5)28(21(6)8-2)23(30)17-27-14-12-26(13-15-27)16-22(29)25-24-18(3)10-9-11-19(24)4/h9-11,20-21H,7-8,12-17H2,1-6H3,(H,25,29)/p+2/t20-,21-/m0/s1. The number of aryl methyl sites for hydroxylation is 2. The number of carbonyl (C=O) groups excluding carboxylic acids is 2. The van der Waals surface area contributed by atoms with Gasteiger partial charge in [-0.2, -0.15) is 0 Å². The van der Waals surface area contributed by atoms with Gasteiger partial charge in [0.2, 0.25) is 0 Å². The van der Waals surface area contributed by atoms with Crippen molar-refractivity contribution in [3.63, 3.8) is 0 Å². The quantitative estimate of drug-likeness (QED) is 0.545. The lowest BCUT2D eigenvalue weighted by atomic mass is 10.1. The summed E-state index contributed by atoms with van der Waals surface area (Å²) in [5, 5.41) is 3.09. The van der Waals surface area contributed by atoms with E-state index in [0.717, 1.165) is 55.8 Å². The number of rotatable bonds is 9. The summed E-state index contributed by atoms with van der Waals surface area (Å²) in [6.45, 7) is 17.4. The van der Waals surface area contributed by atoms with E-state index in [2.05, 4.69) is 37.9 Å². The van der Waals surface area contributed by atoms with E-state index in [4.69, 9.17) is 0 Å². The maximum absolute atomic E-state index is 13.0. The molecule has 0 bridgehead atoms. The second-order valence-corrected chi connectivity index (χ2v) is 8.98. The van der Waals surface area contributed by atoms with E-state index >= 15 is 0 Å². The van der Waals surface area contributed by atoms with Crippen molar-refractivity contribution in [1.29, 1.82) is 0 Å². The first-order chi connectivity index (χ1) is 14.3. The van der Waals surface area contributed by atoms with Gasteiger partial charge in [0.25, 0.3) is 11.8 Å². The van der Waals surface area contributed by atoms with Gasteiger partial charge in [-0.1, -0.05) is 32.0 Å². The number of hydrogen-bond acceptors (Lipinski definition) is 2. The lowest BCUT2D eigenvalue weighted by Gasteiger charge is -2.36. The van der Waals surface area contributed by atoms with Crippen LogP contribution in [0.25, 0.3) is 0 Å². The van der Waals surface area contributed by atoms with E-state index in [-0.39, 0.29) is 23.9 Å². The highest BCUT2D eigenvalue weighted by Gasteiger charge is 2.30. The molecule has 1 aromatic rings. The monoisotopic (exact) mass is 418 g/mol. The van der Waals surface area contributed by atoms with Gasteiger partial charge in [0.15, 0.2) is 13.1 Å². The Morgan fingerprint density at radius 2 is 1.40 bits per heavy atom. The molecule has 30 heavy (non-hydrogen) atoms. The third-order valence-corrected chi connectivity index (χ3v) is 6.64. The van der Waals surface area contributed by atoms with Gasteiger partial charge in [-0.15, -0.1) is 0 Å². The fraction of sp³-hybridized carbons (Fsp3) is 0.667. The highest BCUT2D eigenvalue weighted by atomic mass is 16.2. The number of quaternary nitrogens is 2. The topological polar surface area (TPSA) is 58.3 Å². The molecule has 1 fully saturated rings. The Morgan fingerprint density at radius 1 is 0.933 bits per heavy atom. The molecule has 0 spiro atoms. The molecule has 2 rings (SSSR count). The van der Waals surface area contributed by atoms with Gasteiger partial charge in [0, 0.05) is 17.8 Å². The normalized spacial score (nSPS) is 21.0. The molecule has 1 aliphatic heterocycles. The van der Waals surface area contributed by atoms with Crippen LogP contribution in [-0.2, 0) is 9.59 Å². The van der Waals surface area contributed by atoms with E-state index in [1.165, 1.54) is 9.80 Å². The Hall–Kier alpha value is -1.92. The second-order valence-electron chi connectivity index (χ2n) is 8.98. The Bertz CT molecular complexity index is 683. The second kappa shape index (κ2) is 11.5.